The summed E-state index contributed by atoms with van der Waals surface area (Å²) in [6.45, 7) is 3.29. The number of aryl methyl sites for hydroxylation is 1. The number of ether oxygens (including phenoxy) is 3. The van der Waals surface area contributed by atoms with Crippen LogP contribution in [0.4, 0.5) is 0 Å². The van der Waals surface area contributed by atoms with Crippen LogP contribution in [0.5, 0.6) is 17.2 Å². The summed E-state index contributed by atoms with van der Waals surface area (Å²) in [5.41, 5.74) is 0.994. The molecule has 0 unspecified atom stereocenters. The Labute approximate surface area is 154 Å². The van der Waals surface area contributed by atoms with E-state index in [-0.39, 0.29) is 19.1 Å². The fourth-order valence-corrected chi connectivity index (χ4v) is 3.91. The largest absolute Gasteiger partial charge is 0.493 e. The molecule has 2 aromatic carbocycles. The summed E-state index contributed by atoms with van der Waals surface area (Å²) in [4.78, 5) is 17.2. The van der Waals surface area contributed by atoms with Crippen LogP contribution in [-0.4, -0.2) is 23.9 Å². The maximum absolute atomic E-state index is 12.2. The number of para-hydroxylation sites is 1. The van der Waals surface area contributed by atoms with Gasteiger partial charge in [0.1, 0.15) is 5.75 Å². The first-order valence-corrected chi connectivity index (χ1v) is 9.24. The fraction of sp³-hybridized carbons (Fsp3) is 0.263. The molecule has 7 heteroatoms. The first kappa shape index (κ1) is 16.7. The molecule has 0 spiro atoms. The molecule has 4 rings (SSSR count). The van der Waals surface area contributed by atoms with Crippen molar-refractivity contribution in [3.05, 3.63) is 47.3 Å². The monoisotopic (exact) mass is 370 g/mol. The smallest absolute Gasteiger partial charge is 0.251 e. The van der Waals surface area contributed by atoms with E-state index < -0.39 is 0 Å². The number of hydrogen-bond donors (Lipinski definition) is 0. The molecule has 0 atom stereocenters. The van der Waals surface area contributed by atoms with Crippen LogP contribution in [0, 0.1) is 0 Å². The minimum Gasteiger partial charge on any atom is -0.493 e. The molecule has 0 radical (unpaired) electrons. The molecular weight excluding hydrogens is 352 g/mol. The van der Waals surface area contributed by atoms with E-state index in [0.717, 1.165) is 27.5 Å². The third kappa shape index (κ3) is 3.30. The van der Waals surface area contributed by atoms with Gasteiger partial charge < -0.3 is 18.8 Å². The van der Waals surface area contributed by atoms with Crippen LogP contribution < -0.4 is 19.0 Å². The molecule has 0 fully saturated rings. The summed E-state index contributed by atoms with van der Waals surface area (Å²) in [5, 5.41) is 0. The number of rotatable bonds is 5. The van der Waals surface area contributed by atoms with Gasteiger partial charge >= 0.3 is 0 Å². The average molecular weight is 370 g/mol. The highest BCUT2D eigenvalue weighted by atomic mass is 32.1. The Bertz CT molecular complexity index is 1010. The second-order valence-electron chi connectivity index (χ2n) is 5.72. The zero-order valence-corrected chi connectivity index (χ0v) is 15.1. The first-order chi connectivity index (χ1) is 12.7. The molecule has 1 amide bonds. The van der Waals surface area contributed by atoms with E-state index in [9.17, 15) is 4.79 Å². The lowest BCUT2D eigenvalue weighted by atomic mass is 10.3. The van der Waals surface area contributed by atoms with Crippen molar-refractivity contribution in [3.63, 3.8) is 0 Å². The van der Waals surface area contributed by atoms with Gasteiger partial charge in [0.25, 0.3) is 5.91 Å². The third-order valence-corrected chi connectivity index (χ3v) is 5.08. The summed E-state index contributed by atoms with van der Waals surface area (Å²) < 4.78 is 19.5. The predicted octanol–water partition coefficient (Wildman–Crippen LogP) is 3.35. The Morgan fingerprint density at radius 3 is 2.77 bits per heavy atom. The van der Waals surface area contributed by atoms with Crippen LogP contribution in [-0.2, 0) is 11.3 Å². The molecule has 26 heavy (non-hydrogen) atoms. The van der Waals surface area contributed by atoms with Gasteiger partial charge in [-0.2, -0.15) is 4.99 Å². The number of nitrogens with zero attached hydrogens (tertiary/aromatic N) is 2. The maximum atomic E-state index is 12.2. The molecule has 3 aromatic rings. The second-order valence-corrected chi connectivity index (χ2v) is 6.73. The van der Waals surface area contributed by atoms with E-state index in [1.807, 2.05) is 54.0 Å². The Balaban J connectivity index is 1.54. The minimum atomic E-state index is -0.199. The van der Waals surface area contributed by atoms with E-state index in [2.05, 4.69) is 4.99 Å². The zero-order valence-electron chi connectivity index (χ0n) is 14.3. The Morgan fingerprint density at radius 1 is 1.23 bits per heavy atom. The number of carbonyl (C=O) groups is 1. The summed E-state index contributed by atoms with van der Waals surface area (Å²) in [5.74, 6) is 2.01. The molecule has 1 aliphatic heterocycles. The summed E-state index contributed by atoms with van der Waals surface area (Å²) >= 11 is 1.47. The highest BCUT2D eigenvalue weighted by molar-refractivity contribution is 7.16. The molecule has 0 aliphatic carbocycles. The lowest BCUT2D eigenvalue weighted by Gasteiger charge is -2.03. The number of amides is 1. The molecule has 0 saturated heterocycles. The van der Waals surface area contributed by atoms with Crippen molar-refractivity contribution in [2.45, 2.75) is 19.9 Å². The quantitative estimate of drug-likeness (QED) is 0.691. The lowest BCUT2D eigenvalue weighted by molar-refractivity contribution is -0.118. The highest BCUT2D eigenvalue weighted by Crippen LogP contribution is 2.36. The van der Waals surface area contributed by atoms with Gasteiger partial charge in [-0.3, -0.25) is 4.79 Å². The third-order valence-electron chi connectivity index (χ3n) is 4.04. The van der Waals surface area contributed by atoms with Gasteiger partial charge in [-0.1, -0.05) is 29.5 Å². The number of carbonyl (C=O) groups excluding carboxylic acids is 1. The lowest BCUT2D eigenvalue weighted by Crippen LogP contribution is -2.16. The van der Waals surface area contributed by atoms with Gasteiger partial charge in [-0.25, -0.2) is 0 Å². The second kappa shape index (κ2) is 7.21. The summed E-state index contributed by atoms with van der Waals surface area (Å²) in [6.07, 6.45) is 0.232. The van der Waals surface area contributed by atoms with E-state index in [4.69, 9.17) is 14.2 Å². The van der Waals surface area contributed by atoms with Crippen molar-refractivity contribution < 1.29 is 19.0 Å². The number of hydrogen-bond acceptors (Lipinski definition) is 5. The van der Waals surface area contributed by atoms with Gasteiger partial charge in [0, 0.05) is 18.7 Å². The van der Waals surface area contributed by atoms with Crippen molar-refractivity contribution in [1.29, 1.82) is 0 Å². The van der Waals surface area contributed by atoms with Gasteiger partial charge in [0.15, 0.2) is 16.3 Å². The number of benzene rings is 2. The molecule has 134 valence electrons. The maximum Gasteiger partial charge on any atom is 0.251 e. The van der Waals surface area contributed by atoms with Crippen molar-refractivity contribution in [1.82, 2.24) is 4.57 Å². The van der Waals surface area contributed by atoms with Crippen LogP contribution in [0.1, 0.15) is 13.3 Å². The van der Waals surface area contributed by atoms with Crippen molar-refractivity contribution in [2.24, 2.45) is 4.99 Å². The average Bonchev–Trinajstić information content (AvgIpc) is 3.23. The Hall–Kier alpha value is -2.80. The number of thiazole rings is 1. The van der Waals surface area contributed by atoms with Gasteiger partial charge in [0.05, 0.1) is 23.2 Å². The van der Waals surface area contributed by atoms with Crippen LogP contribution in [0.3, 0.4) is 0 Å². The standard InChI is InChI=1S/C19H18N2O4S/c1-2-21-14-10-15-16(25-12-24-15)11-17(14)26-19(21)20-18(22)8-9-23-13-6-4-3-5-7-13/h3-7,10-11H,2,8-9,12H2,1H3. The van der Waals surface area contributed by atoms with Gasteiger partial charge in [-0.05, 0) is 19.1 Å². The zero-order chi connectivity index (χ0) is 17.9. The van der Waals surface area contributed by atoms with Gasteiger partial charge in [-0.15, -0.1) is 0 Å². The van der Waals surface area contributed by atoms with E-state index in [1.165, 1.54) is 11.3 Å². The van der Waals surface area contributed by atoms with Crippen LogP contribution in [0.2, 0.25) is 0 Å². The molecule has 1 aromatic heterocycles. The number of fused-ring (bicyclic) bond motifs is 2. The molecular formula is C19H18N2O4S. The Kier molecular flexibility index (Phi) is 4.62. The molecule has 0 saturated carbocycles. The molecule has 0 bridgehead atoms. The Morgan fingerprint density at radius 2 is 2.00 bits per heavy atom. The predicted molar refractivity (Wildman–Crippen MR) is 98.7 cm³/mol. The minimum absolute atomic E-state index is 0.199. The molecule has 0 N–H and O–H groups in total. The number of aromatic nitrogens is 1. The SMILES string of the molecule is CCn1c(=NC(=O)CCOc2ccccc2)sc2cc3c(cc21)OCO3. The molecule has 1 aliphatic rings. The summed E-state index contributed by atoms with van der Waals surface area (Å²) in [7, 11) is 0. The molecule has 6 nitrogen and oxygen atoms in total. The van der Waals surface area contributed by atoms with E-state index in [0.29, 0.717) is 18.0 Å². The van der Waals surface area contributed by atoms with Crippen LogP contribution >= 0.6 is 11.3 Å². The van der Waals surface area contributed by atoms with Crippen molar-refractivity contribution in [3.8, 4) is 17.2 Å². The van der Waals surface area contributed by atoms with Crippen LogP contribution in [0.15, 0.2) is 47.5 Å². The van der Waals surface area contributed by atoms with Gasteiger partial charge in [0.2, 0.25) is 6.79 Å². The van der Waals surface area contributed by atoms with Crippen molar-refractivity contribution in [2.75, 3.05) is 13.4 Å². The normalized spacial score (nSPS) is 13.3. The fourth-order valence-electron chi connectivity index (χ4n) is 2.79. The molecule has 2 heterocycles. The first-order valence-electron chi connectivity index (χ1n) is 8.43. The van der Waals surface area contributed by atoms with Crippen molar-refractivity contribution >= 4 is 27.5 Å². The topological polar surface area (TPSA) is 62.1 Å². The van der Waals surface area contributed by atoms with E-state index in [1.54, 1.807) is 0 Å². The van der Waals surface area contributed by atoms with E-state index >= 15 is 0 Å². The van der Waals surface area contributed by atoms with Crippen LogP contribution in [0.25, 0.3) is 10.2 Å². The highest BCUT2D eigenvalue weighted by Gasteiger charge is 2.17. The summed E-state index contributed by atoms with van der Waals surface area (Å²) in [6, 6.07) is 13.3.